The lowest BCUT2D eigenvalue weighted by molar-refractivity contribution is -0.00298. The predicted molar refractivity (Wildman–Crippen MR) is 88.5 cm³/mol. The number of hydrogen-bond acceptors (Lipinski definition) is 5. The molecule has 0 radical (unpaired) electrons. The van der Waals surface area contributed by atoms with Crippen LogP contribution >= 0.6 is 11.3 Å². The van der Waals surface area contributed by atoms with Gasteiger partial charge in [-0.15, -0.1) is 11.3 Å². The molecule has 1 N–H and O–H groups in total. The van der Waals surface area contributed by atoms with Gasteiger partial charge >= 0.3 is 0 Å². The summed E-state index contributed by atoms with van der Waals surface area (Å²) in [5.74, 6) is -0.0273. The monoisotopic (exact) mass is 334 g/mol. The van der Waals surface area contributed by atoms with E-state index in [-0.39, 0.29) is 18.1 Å². The van der Waals surface area contributed by atoms with Crippen LogP contribution in [0.15, 0.2) is 18.7 Å². The molecule has 0 unspecified atom stereocenters. The van der Waals surface area contributed by atoms with Gasteiger partial charge in [0, 0.05) is 19.7 Å². The van der Waals surface area contributed by atoms with Crippen LogP contribution in [-0.4, -0.2) is 33.1 Å². The summed E-state index contributed by atoms with van der Waals surface area (Å²) in [6, 6.07) is 0.118. The third-order valence-corrected chi connectivity index (χ3v) is 5.10. The van der Waals surface area contributed by atoms with Crippen molar-refractivity contribution in [3.63, 3.8) is 0 Å². The second kappa shape index (κ2) is 7.23. The summed E-state index contributed by atoms with van der Waals surface area (Å²) >= 11 is 1.49. The number of hydrogen-bond donors (Lipinski definition) is 1. The molecule has 0 aliphatic carbocycles. The molecule has 23 heavy (non-hydrogen) atoms. The number of aromatic nitrogens is 3. The first-order chi connectivity index (χ1) is 11.2. The zero-order valence-electron chi connectivity index (χ0n) is 13.5. The Bertz CT molecular complexity index is 667. The molecule has 0 bridgehead atoms. The van der Waals surface area contributed by atoms with Gasteiger partial charge in [0.25, 0.3) is 5.91 Å². The third kappa shape index (κ3) is 3.79. The smallest absolute Gasteiger partial charge is 0.263 e. The van der Waals surface area contributed by atoms with Crippen LogP contribution in [0.3, 0.4) is 0 Å². The Morgan fingerprint density at radius 1 is 1.52 bits per heavy atom. The number of nitrogens with zero attached hydrogens (tertiary/aromatic N) is 3. The van der Waals surface area contributed by atoms with E-state index in [4.69, 9.17) is 4.74 Å². The van der Waals surface area contributed by atoms with Gasteiger partial charge in [-0.3, -0.25) is 4.79 Å². The van der Waals surface area contributed by atoms with E-state index < -0.39 is 0 Å². The van der Waals surface area contributed by atoms with Crippen LogP contribution in [0.1, 0.15) is 52.7 Å². The zero-order valence-corrected chi connectivity index (χ0v) is 14.3. The summed E-state index contributed by atoms with van der Waals surface area (Å²) in [4.78, 5) is 21.5. The van der Waals surface area contributed by atoms with E-state index in [0.29, 0.717) is 11.5 Å². The van der Waals surface area contributed by atoms with E-state index >= 15 is 0 Å². The Balaban J connectivity index is 1.60. The van der Waals surface area contributed by atoms with Gasteiger partial charge in [0.1, 0.15) is 11.0 Å². The number of ether oxygens (including phenoxy) is 1. The first-order valence-electron chi connectivity index (χ1n) is 8.00. The molecule has 3 heterocycles. The molecule has 6 nitrogen and oxygen atoms in total. The normalized spacial score (nSPS) is 21.3. The number of nitrogens with one attached hydrogen (secondary N) is 1. The molecule has 0 saturated carbocycles. The largest absolute Gasteiger partial charge is 0.372 e. The van der Waals surface area contributed by atoms with Crippen LogP contribution < -0.4 is 5.32 Å². The molecule has 1 fully saturated rings. The molecule has 1 saturated heterocycles. The van der Waals surface area contributed by atoms with Crippen LogP contribution in [0, 0.1) is 0 Å². The molecule has 2 aromatic heterocycles. The lowest BCUT2D eigenvalue weighted by atomic mass is 10.0. The van der Waals surface area contributed by atoms with Crippen molar-refractivity contribution in [3.8, 4) is 0 Å². The van der Waals surface area contributed by atoms with Gasteiger partial charge in [0.05, 0.1) is 29.4 Å². The quantitative estimate of drug-likeness (QED) is 0.912. The molecule has 0 spiro atoms. The van der Waals surface area contributed by atoms with Crippen molar-refractivity contribution in [2.24, 2.45) is 7.05 Å². The molecular weight excluding hydrogens is 312 g/mol. The van der Waals surface area contributed by atoms with Gasteiger partial charge in [-0.05, 0) is 25.7 Å². The summed E-state index contributed by atoms with van der Waals surface area (Å²) in [7, 11) is 1.96. The van der Waals surface area contributed by atoms with Crippen molar-refractivity contribution in [3.05, 3.63) is 34.3 Å². The van der Waals surface area contributed by atoms with Crippen molar-refractivity contribution < 1.29 is 9.53 Å². The predicted octanol–water partition coefficient (Wildman–Crippen LogP) is 2.48. The lowest BCUT2D eigenvalue weighted by Gasteiger charge is -2.30. The van der Waals surface area contributed by atoms with Crippen LogP contribution in [0.4, 0.5) is 0 Å². The molecule has 1 amide bonds. The summed E-state index contributed by atoms with van der Waals surface area (Å²) < 4.78 is 7.80. The maximum Gasteiger partial charge on any atom is 0.263 e. The highest BCUT2D eigenvalue weighted by Gasteiger charge is 2.27. The van der Waals surface area contributed by atoms with Gasteiger partial charge < -0.3 is 14.6 Å². The fourth-order valence-corrected chi connectivity index (χ4v) is 3.74. The van der Waals surface area contributed by atoms with Crippen molar-refractivity contribution in [1.29, 1.82) is 0 Å². The van der Waals surface area contributed by atoms with E-state index in [1.807, 2.05) is 17.8 Å². The Hall–Kier alpha value is -1.73. The molecule has 3 rings (SSSR count). The Labute approximate surface area is 139 Å². The number of thiazole rings is 1. The Morgan fingerprint density at radius 3 is 3.13 bits per heavy atom. The lowest BCUT2D eigenvalue weighted by Crippen LogP contribution is -2.39. The Morgan fingerprint density at radius 2 is 2.39 bits per heavy atom. The molecule has 2 aromatic rings. The first-order valence-corrected chi connectivity index (χ1v) is 8.82. The maximum atomic E-state index is 12.4. The topological polar surface area (TPSA) is 69.0 Å². The van der Waals surface area contributed by atoms with Crippen LogP contribution in [-0.2, 0) is 18.2 Å². The van der Waals surface area contributed by atoms with Crippen LogP contribution in [0.5, 0.6) is 0 Å². The van der Waals surface area contributed by atoms with E-state index in [9.17, 15) is 4.79 Å². The number of amides is 1. The average molecular weight is 334 g/mol. The van der Waals surface area contributed by atoms with Gasteiger partial charge in [0.2, 0.25) is 0 Å². The summed E-state index contributed by atoms with van der Waals surface area (Å²) in [5, 5.41) is 4.15. The number of carbonyl (C=O) groups is 1. The first kappa shape index (κ1) is 16.1. The molecule has 1 aliphatic rings. The highest BCUT2D eigenvalue weighted by atomic mass is 32.1. The number of rotatable bonds is 5. The molecule has 2 atom stereocenters. The van der Waals surface area contributed by atoms with E-state index in [1.54, 1.807) is 12.5 Å². The molecule has 7 heteroatoms. The fraction of sp³-hybridized carbons (Fsp3) is 0.562. The van der Waals surface area contributed by atoms with Crippen molar-refractivity contribution in [2.75, 3.05) is 6.61 Å². The minimum Gasteiger partial charge on any atom is -0.372 e. The second-order valence-corrected chi connectivity index (χ2v) is 6.97. The Kier molecular flexibility index (Phi) is 5.07. The molecule has 1 aliphatic heterocycles. The molecule has 124 valence electrons. The van der Waals surface area contributed by atoms with Crippen molar-refractivity contribution in [1.82, 2.24) is 19.9 Å². The van der Waals surface area contributed by atoms with E-state index in [2.05, 4.69) is 22.2 Å². The van der Waals surface area contributed by atoms with Crippen LogP contribution in [0.25, 0.3) is 0 Å². The number of imidazole rings is 1. The maximum absolute atomic E-state index is 12.4. The third-order valence-electron chi connectivity index (χ3n) is 4.04. The standard InChI is InChI=1S/C16H22N4O2S/c1-3-4-15-18-9-14(23-15)16(21)19-11-5-6-22-13(7-11)12-8-17-10-20(12)2/h8-11,13H,3-7H2,1-2H3,(H,19,21)/t11-,13+/m0/s1. The van der Waals surface area contributed by atoms with E-state index in [0.717, 1.165) is 36.4 Å². The fourth-order valence-electron chi connectivity index (χ4n) is 2.81. The number of carbonyl (C=O) groups excluding carboxylic acids is 1. The summed E-state index contributed by atoms with van der Waals surface area (Å²) in [6.07, 6.45) is 8.84. The minimum absolute atomic E-state index is 0.0151. The zero-order chi connectivity index (χ0) is 16.2. The SMILES string of the molecule is CCCc1ncc(C(=O)N[C@H]2CCO[C@@H](c3cncn3C)C2)s1. The van der Waals surface area contributed by atoms with Crippen LogP contribution in [0.2, 0.25) is 0 Å². The number of aryl methyl sites for hydroxylation is 2. The van der Waals surface area contributed by atoms with Gasteiger partial charge in [-0.25, -0.2) is 9.97 Å². The van der Waals surface area contributed by atoms with Crippen molar-refractivity contribution >= 4 is 17.2 Å². The highest BCUT2D eigenvalue weighted by Crippen LogP contribution is 2.28. The summed E-state index contributed by atoms with van der Waals surface area (Å²) in [5.41, 5.74) is 1.05. The van der Waals surface area contributed by atoms with Crippen molar-refractivity contribution in [2.45, 2.75) is 44.8 Å². The molecular formula is C16H22N4O2S. The molecule has 0 aromatic carbocycles. The minimum atomic E-state index is -0.0273. The second-order valence-electron chi connectivity index (χ2n) is 5.85. The summed E-state index contributed by atoms with van der Waals surface area (Å²) in [6.45, 7) is 2.76. The van der Waals surface area contributed by atoms with Gasteiger partial charge in [-0.2, -0.15) is 0 Å². The highest BCUT2D eigenvalue weighted by molar-refractivity contribution is 7.13. The van der Waals surface area contributed by atoms with E-state index in [1.165, 1.54) is 11.3 Å². The van der Waals surface area contributed by atoms with Gasteiger partial charge in [-0.1, -0.05) is 6.92 Å². The van der Waals surface area contributed by atoms with Gasteiger partial charge in [0.15, 0.2) is 0 Å². The average Bonchev–Trinajstić information content (AvgIpc) is 3.17.